The first-order chi connectivity index (χ1) is 11.9. The SMILES string of the molecule is C=NC(=NC1CC1)NC(=NC)Nc1ccc2c(n1)NC(=O)C(C)(C)C2. The number of nitrogens with zero attached hydrogens (tertiary/aromatic N) is 4. The van der Waals surface area contributed by atoms with E-state index in [1.165, 1.54) is 0 Å². The first-order valence-electron chi connectivity index (χ1n) is 8.28. The van der Waals surface area contributed by atoms with E-state index in [2.05, 4.69) is 42.6 Å². The van der Waals surface area contributed by atoms with E-state index in [1.807, 2.05) is 26.0 Å². The van der Waals surface area contributed by atoms with Gasteiger partial charge in [-0.2, -0.15) is 0 Å². The predicted molar refractivity (Wildman–Crippen MR) is 100 cm³/mol. The van der Waals surface area contributed by atoms with Crippen LogP contribution in [-0.2, 0) is 11.2 Å². The molecule has 3 N–H and O–H groups in total. The number of amides is 1. The number of carbonyl (C=O) groups is 1. The van der Waals surface area contributed by atoms with Crippen LogP contribution in [0.25, 0.3) is 0 Å². The maximum atomic E-state index is 12.1. The second-order valence-electron chi connectivity index (χ2n) is 6.88. The quantitative estimate of drug-likeness (QED) is 0.564. The molecule has 1 aliphatic heterocycles. The van der Waals surface area contributed by atoms with Crippen LogP contribution in [0, 0.1) is 5.41 Å². The van der Waals surface area contributed by atoms with Crippen LogP contribution in [0.3, 0.4) is 0 Å². The van der Waals surface area contributed by atoms with Crippen LogP contribution in [0.1, 0.15) is 32.3 Å². The lowest BCUT2D eigenvalue weighted by atomic mass is 9.82. The fourth-order valence-corrected chi connectivity index (χ4v) is 2.50. The summed E-state index contributed by atoms with van der Waals surface area (Å²) >= 11 is 0. The molecular weight excluding hydrogens is 318 g/mol. The van der Waals surface area contributed by atoms with Crippen LogP contribution in [-0.4, -0.2) is 42.6 Å². The van der Waals surface area contributed by atoms with Gasteiger partial charge in [-0.15, -0.1) is 0 Å². The number of hydrogen-bond donors (Lipinski definition) is 3. The van der Waals surface area contributed by atoms with Gasteiger partial charge in [-0.25, -0.2) is 15.0 Å². The molecule has 132 valence electrons. The Kier molecular flexibility index (Phi) is 4.52. The lowest BCUT2D eigenvalue weighted by molar-refractivity contribution is -0.124. The lowest BCUT2D eigenvalue weighted by Crippen LogP contribution is -2.38. The van der Waals surface area contributed by atoms with E-state index in [4.69, 9.17) is 0 Å². The van der Waals surface area contributed by atoms with Crippen molar-refractivity contribution in [2.75, 3.05) is 17.7 Å². The number of aliphatic imine (C=N–C) groups is 3. The van der Waals surface area contributed by atoms with Gasteiger partial charge in [0.2, 0.25) is 17.8 Å². The first-order valence-corrected chi connectivity index (χ1v) is 8.28. The number of guanidine groups is 2. The third kappa shape index (κ3) is 4.01. The molecule has 1 amide bonds. The molecule has 8 heteroatoms. The highest BCUT2D eigenvalue weighted by Crippen LogP contribution is 2.32. The minimum absolute atomic E-state index is 0.0260. The Hall–Kier alpha value is -2.77. The molecule has 0 saturated heterocycles. The van der Waals surface area contributed by atoms with E-state index in [0.29, 0.717) is 36.0 Å². The molecule has 1 fully saturated rings. The average Bonchev–Trinajstić information content (AvgIpc) is 3.38. The molecule has 1 aromatic rings. The van der Waals surface area contributed by atoms with Gasteiger partial charge in [0.25, 0.3) is 0 Å². The van der Waals surface area contributed by atoms with Crippen molar-refractivity contribution < 1.29 is 4.79 Å². The largest absolute Gasteiger partial charge is 0.311 e. The van der Waals surface area contributed by atoms with E-state index in [0.717, 1.165) is 18.4 Å². The summed E-state index contributed by atoms with van der Waals surface area (Å²) in [5.41, 5.74) is 0.590. The van der Waals surface area contributed by atoms with E-state index in [-0.39, 0.29) is 5.91 Å². The number of carbonyl (C=O) groups excluding carboxylic acids is 1. The van der Waals surface area contributed by atoms with Crippen LogP contribution in [0.15, 0.2) is 27.1 Å². The minimum atomic E-state index is -0.426. The summed E-state index contributed by atoms with van der Waals surface area (Å²) in [5.74, 6) is 2.02. The van der Waals surface area contributed by atoms with Crippen LogP contribution in [0.5, 0.6) is 0 Å². The van der Waals surface area contributed by atoms with E-state index < -0.39 is 5.41 Å². The van der Waals surface area contributed by atoms with Gasteiger partial charge < -0.3 is 10.6 Å². The second-order valence-corrected chi connectivity index (χ2v) is 6.88. The van der Waals surface area contributed by atoms with Crippen LogP contribution in [0.2, 0.25) is 0 Å². The third-order valence-corrected chi connectivity index (χ3v) is 4.16. The molecule has 25 heavy (non-hydrogen) atoms. The average molecular weight is 341 g/mol. The Morgan fingerprint density at radius 2 is 2.16 bits per heavy atom. The fourth-order valence-electron chi connectivity index (χ4n) is 2.50. The zero-order valence-corrected chi connectivity index (χ0v) is 14.8. The fraction of sp³-hybridized carbons (Fsp3) is 0.471. The molecule has 0 aromatic carbocycles. The highest BCUT2D eigenvalue weighted by Gasteiger charge is 2.34. The molecule has 0 unspecified atom stereocenters. The molecule has 1 saturated carbocycles. The Morgan fingerprint density at radius 1 is 1.40 bits per heavy atom. The molecular formula is C17H23N7O. The first kappa shape index (κ1) is 17.1. The number of rotatable bonds is 2. The van der Waals surface area contributed by atoms with Crippen molar-refractivity contribution in [1.29, 1.82) is 0 Å². The highest BCUT2D eigenvalue weighted by molar-refractivity contribution is 6.06. The number of fused-ring (bicyclic) bond motifs is 1. The van der Waals surface area contributed by atoms with Crippen molar-refractivity contribution in [2.45, 2.75) is 39.2 Å². The van der Waals surface area contributed by atoms with E-state index in [1.54, 1.807) is 7.05 Å². The Labute approximate surface area is 147 Å². The van der Waals surface area contributed by atoms with Crippen LogP contribution >= 0.6 is 0 Å². The molecule has 3 rings (SSSR count). The zero-order chi connectivity index (χ0) is 18.0. The number of aromatic nitrogens is 1. The van der Waals surface area contributed by atoms with Gasteiger partial charge in [0.1, 0.15) is 11.6 Å². The third-order valence-electron chi connectivity index (χ3n) is 4.16. The summed E-state index contributed by atoms with van der Waals surface area (Å²) < 4.78 is 0. The maximum Gasteiger partial charge on any atom is 0.231 e. The molecule has 2 heterocycles. The minimum Gasteiger partial charge on any atom is -0.311 e. The molecule has 2 aliphatic rings. The zero-order valence-electron chi connectivity index (χ0n) is 14.8. The summed E-state index contributed by atoms with van der Waals surface area (Å²) in [4.78, 5) is 29.0. The smallest absolute Gasteiger partial charge is 0.231 e. The van der Waals surface area contributed by atoms with Gasteiger partial charge in [0, 0.05) is 12.5 Å². The Bertz CT molecular complexity index is 762. The number of nitrogens with one attached hydrogen (secondary N) is 3. The molecule has 0 atom stereocenters. The normalized spacial score (nSPS) is 19.7. The van der Waals surface area contributed by atoms with Crippen molar-refractivity contribution in [2.24, 2.45) is 20.4 Å². The van der Waals surface area contributed by atoms with Crippen molar-refractivity contribution in [3.8, 4) is 0 Å². The number of pyridine rings is 1. The van der Waals surface area contributed by atoms with Gasteiger partial charge in [-0.1, -0.05) is 19.9 Å². The van der Waals surface area contributed by atoms with Crippen molar-refractivity contribution in [3.63, 3.8) is 0 Å². The molecule has 8 nitrogen and oxygen atoms in total. The lowest BCUT2D eigenvalue weighted by Gasteiger charge is -2.29. The molecule has 0 bridgehead atoms. The Morgan fingerprint density at radius 3 is 2.80 bits per heavy atom. The van der Waals surface area contributed by atoms with Gasteiger partial charge in [-0.05, 0) is 37.6 Å². The number of anilines is 2. The van der Waals surface area contributed by atoms with Crippen LogP contribution in [0.4, 0.5) is 11.6 Å². The maximum absolute atomic E-state index is 12.1. The van der Waals surface area contributed by atoms with E-state index in [9.17, 15) is 4.79 Å². The summed E-state index contributed by atoms with van der Waals surface area (Å²) in [6.45, 7) is 7.37. The van der Waals surface area contributed by atoms with Crippen molar-refractivity contribution >= 4 is 36.2 Å². The summed E-state index contributed by atoms with van der Waals surface area (Å²) in [6.07, 6.45) is 2.82. The molecule has 1 aromatic heterocycles. The predicted octanol–water partition coefficient (Wildman–Crippen LogP) is 1.81. The summed E-state index contributed by atoms with van der Waals surface area (Å²) in [7, 11) is 1.65. The topological polar surface area (TPSA) is 103 Å². The summed E-state index contributed by atoms with van der Waals surface area (Å²) in [5, 5.41) is 8.95. The van der Waals surface area contributed by atoms with E-state index >= 15 is 0 Å². The Balaban J connectivity index is 1.73. The van der Waals surface area contributed by atoms with Gasteiger partial charge >= 0.3 is 0 Å². The highest BCUT2D eigenvalue weighted by atomic mass is 16.2. The van der Waals surface area contributed by atoms with Gasteiger partial charge in [0.05, 0.1) is 6.04 Å². The monoisotopic (exact) mass is 341 g/mol. The van der Waals surface area contributed by atoms with Crippen molar-refractivity contribution in [3.05, 3.63) is 17.7 Å². The van der Waals surface area contributed by atoms with Crippen molar-refractivity contribution in [1.82, 2.24) is 10.3 Å². The molecule has 0 radical (unpaired) electrons. The van der Waals surface area contributed by atoms with Crippen LogP contribution < -0.4 is 16.0 Å². The van der Waals surface area contributed by atoms with Gasteiger partial charge in [0.15, 0.2) is 0 Å². The molecule has 0 spiro atoms. The van der Waals surface area contributed by atoms with Gasteiger partial charge in [-0.3, -0.25) is 15.1 Å². The second kappa shape index (κ2) is 6.62. The summed E-state index contributed by atoms with van der Waals surface area (Å²) in [6, 6.07) is 4.15. The standard InChI is InChI=1S/C17H23N7O/c1-17(2)9-10-5-8-12(21-13(10)23-14(17)25)22-16(19-4)24-15(18-3)20-11-6-7-11/h5,8,11H,3,6-7,9H2,1-2,4H3,(H3,19,20,21,22,23,24,25). The molecule has 1 aliphatic carbocycles. The number of hydrogen-bond acceptors (Lipinski definition) is 4.